The number of benzene rings is 4. The number of allylic oxidation sites excluding steroid dienone is 2. The maximum absolute atomic E-state index is 14.4. The van der Waals surface area contributed by atoms with E-state index in [4.69, 9.17) is 66.3 Å². The fourth-order valence-electron chi connectivity index (χ4n) is 11.6. The van der Waals surface area contributed by atoms with Crippen LogP contribution < -0.4 is 0 Å². The zero-order valence-corrected chi connectivity index (χ0v) is 48.7. The zero-order chi connectivity index (χ0) is 57.3. The van der Waals surface area contributed by atoms with Crippen LogP contribution in [-0.2, 0) is 90.9 Å². The van der Waals surface area contributed by atoms with E-state index < -0.39 is 110 Å². The van der Waals surface area contributed by atoms with Gasteiger partial charge in [0.05, 0.1) is 44.7 Å². The summed E-state index contributed by atoms with van der Waals surface area (Å²) in [5, 5.41) is 0. The minimum Gasteiger partial charge on any atom is -0.454 e. The zero-order valence-electron chi connectivity index (χ0n) is 48.7. The number of carbonyl (C=O) groups excluding carboxylic acids is 1. The molecule has 82 heavy (non-hydrogen) atoms. The Morgan fingerprint density at radius 2 is 1.12 bits per heavy atom. The molecule has 15 nitrogen and oxygen atoms in total. The summed E-state index contributed by atoms with van der Waals surface area (Å²) in [4.78, 5) is 14.4. The van der Waals surface area contributed by atoms with Crippen molar-refractivity contribution in [1.82, 2.24) is 0 Å². The third-order valence-corrected chi connectivity index (χ3v) is 15.8. The first-order valence-electron chi connectivity index (χ1n) is 30.0. The smallest absolute Gasteiger partial charge is 0.306 e. The van der Waals surface area contributed by atoms with Gasteiger partial charge in [0.25, 0.3) is 0 Å². The lowest BCUT2D eigenvalue weighted by atomic mass is 9.95. The molecule has 0 spiro atoms. The van der Waals surface area contributed by atoms with E-state index >= 15 is 0 Å². The number of hydrogen-bond donors (Lipinski definition) is 0. The lowest BCUT2D eigenvalue weighted by Gasteiger charge is -2.52. The number of fused-ring (bicyclic) bond motifs is 2. The molecule has 5 aliphatic heterocycles. The third-order valence-electron chi connectivity index (χ3n) is 15.8. The van der Waals surface area contributed by atoms with Crippen LogP contribution in [0.25, 0.3) is 0 Å². The molecule has 0 unspecified atom stereocenters. The van der Waals surface area contributed by atoms with E-state index in [1.807, 2.05) is 161 Å². The Labute approximate surface area is 486 Å². The van der Waals surface area contributed by atoms with Gasteiger partial charge >= 0.3 is 5.97 Å². The lowest BCUT2D eigenvalue weighted by Crippen LogP contribution is -2.68. The van der Waals surface area contributed by atoms with Crippen LogP contribution in [-0.4, -0.2) is 117 Å². The number of rotatable bonds is 30. The predicted molar refractivity (Wildman–Crippen MR) is 308 cm³/mol. The molecule has 446 valence electrons. The van der Waals surface area contributed by atoms with Crippen molar-refractivity contribution >= 4 is 5.97 Å². The Balaban J connectivity index is 1.13. The van der Waals surface area contributed by atoms with Gasteiger partial charge in [-0.05, 0) is 89.3 Å². The van der Waals surface area contributed by atoms with Crippen molar-refractivity contribution in [3.8, 4) is 0 Å². The summed E-state index contributed by atoms with van der Waals surface area (Å²) in [6, 6.07) is 39.5. The highest BCUT2D eigenvalue weighted by Gasteiger charge is 2.60. The number of ether oxygens (including phenoxy) is 14. The van der Waals surface area contributed by atoms with Crippen molar-refractivity contribution in [3.63, 3.8) is 0 Å². The van der Waals surface area contributed by atoms with Crippen molar-refractivity contribution < 1.29 is 71.1 Å². The molecule has 5 heterocycles. The van der Waals surface area contributed by atoms with Crippen LogP contribution in [0.5, 0.6) is 0 Å². The monoisotopic (exact) mass is 1130 g/mol. The van der Waals surface area contributed by atoms with E-state index in [1.165, 1.54) is 0 Å². The van der Waals surface area contributed by atoms with Crippen molar-refractivity contribution in [2.45, 2.75) is 235 Å². The van der Waals surface area contributed by atoms with Gasteiger partial charge in [-0.2, -0.15) is 0 Å². The fraction of sp³-hybridized carbons (Fsp3) is 0.567. The van der Waals surface area contributed by atoms with Crippen molar-refractivity contribution in [1.29, 1.82) is 0 Å². The Morgan fingerprint density at radius 1 is 0.573 bits per heavy atom. The van der Waals surface area contributed by atoms with E-state index in [0.29, 0.717) is 6.42 Å². The van der Waals surface area contributed by atoms with E-state index in [1.54, 1.807) is 0 Å². The average molecular weight is 1130 g/mol. The van der Waals surface area contributed by atoms with Gasteiger partial charge in [-0.25, -0.2) is 0 Å². The number of esters is 1. The molecule has 9 rings (SSSR count). The summed E-state index contributed by atoms with van der Waals surface area (Å²) in [5.41, 5.74) is 3.62. The molecule has 4 aromatic rings. The largest absolute Gasteiger partial charge is 0.454 e. The van der Waals surface area contributed by atoms with Crippen molar-refractivity contribution in [3.05, 3.63) is 169 Å². The molecule has 5 aliphatic rings. The second-order valence-electron chi connectivity index (χ2n) is 22.7. The second kappa shape index (κ2) is 30.9. The predicted octanol–water partition coefficient (Wildman–Crippen LogP) is 12.3. The summed E-state index contributed by atoms with van der Waals surface area (Å²) >= 11 is 0. The minimum absolute atomic E-state index is 0.126. The summed E-state index contributed by atoms with van der Waals surface area (Å²) in [5.74, 6) is -1.43. The number of hydrogen-bond acceptors (Lipinski definition) is 15. The summed E-state index contributed by atoms with van der Waals surface area (Å²) < 4.78 is 97.7. The Hall–Kier alpha value is -4.69. The molecule has 5 saturated heterocycles. The van der Waals surface area contributed by atoms with Crippen LogP contribution in [0.3, 0.4) is 0 Å². The molecule has 0 aliphatic carbocycles. The molecule has 0 aromatic heterocycles. The van der Waals surface area contributed by atoms with Crippen molar-refractivity contribution in [2.75, 3.05) is 6.61 Å². The molecule has 0 N–H and O–H groups in total. The van der Waals surface area contributed by atoms with Gasteiger partial charge in [-0.15, -0.1) is 13.2 Å². The van der Waals surface area contributed by atoms with Crippen LogP contribution in [0.4, 0.5) is 0 Å². The topological polar surface area (TPSA) is 146 Å². The summed E-state index contributed by atoms with van der Waals surface area (Å²) in [7, 11) is 0. The minimum atomic E-state index is -1.30. The maximum atomic E-state index is 14.4. The van der Waals surface area contributed by atoms with Gasteiger partial charge in [-0.1, -0.05) is 160 Å². The molecule has 0 amide bonds. The average Bonchev–Trinajstić information content (AvgIpc) is 3.67. The quantitative estimate of drug-likeness (QED) is 0.0277. The van der Waals surface area contributed by atoms with Gasteiger partial charge in [-0.3, -0.25) is 4.79 Å². The molecular formula is C67H88O15. The number of carbonyl (C=O) groups is 1. The second-order valence-corrected chi connectivity index (χ2v) is 22.7. The molecular weight excluding hydrogens is 1040 g/mol. The molecule has 5 fully saturated rings. The standard InChI is InChI=1S/C67H88O15/c1-8-11-14-29-40-53(68)77-60-57(70-42-48-32-23-16-24-33-48)54(69-41-47-30-21-15-22-31-47)45(4)73-65(60)79-61-58(71-43-49-34-25-17-26-35-49)56-52(44-72-63(78-56)50-36-27-18-28-37-50)76-66(61)80-62-59-55(81-67(6,7)82-59)46(5)74-64(62)75-51(38-19-12-9-2)39-20-13-10-3/h8-9,15-18,21-28,30-37,45-46,51-52,54-66H,1-2,10-14,19-20,29,38-44H2,3-7H3/t45-,46+,51+,52+,54-,55-,56+,57+,58-,59-,60+,61+,62+,63+,64-,65-,66-/m0/s1. The van der Waals surface area contributed by atoms with Gasteiger partial charge in [0, 0.05) is 12.0 Å². The van der Waals surface area contributed by atoms with Crippen molar-refractivity contribution in [2.24, 2.45) is 0 Å². The maximum Gasteiger partial charge on any atom is 0.306 e. The van der Waals surface area contributed by atoms with Crippen LogP contribution in [0, 0.1) is 0 Å². The third kappa shape index (κ3) is 16.8. The molecule has 0 radical (unpaired) electrons. The van der Waals surface area contributed by atoms with E-state index in [2.05, 4.69) is 20.1 Å². The van der Waals surface area contributed by atoms with Crippen LogP contribution in [0.15, 0.2) is 147 Å². The van der Waals surface area contributed by atoms with E-state index in [9.17, 15) is 4.79 Å². The molecule has 17 atom stereocenters. The Bertz CT molecular complexity index is 2500. The molecule has 0 bridgehead atoms. The van der Waals surface area contributed by atoms with Gasteiger partial charge in [0.2, 0.25) is 0 Å². The van der Waals surface area contributed by atoms with Crippen LogP contribution in [0.2, 0.25) is 0 Å². The number of unbranched alkanes of at least 4 members (excludes halogenated alkanes) is 5. The first-order chi connectivity index (χ1) is 40.0. The van der Waals surface area contributed by atoms with Gasteiger partial charge in [0.1, 0.15) is 54.9 Å². The fourth-order valence-corrected chi connectivity index (χ4v) is 11.6. The van der Waals surface area contributed by atoms with Gasteiger partial charge in [0.15, 0.2) is 37.1 Å². The molecule has 0 saturated carbocycles. The summed E-state index contributed by atoms with van der Waals surface area (Å²) in [6.07, 6.45) is -1.46. The first kappa shape index (κ1) is 61.9. The highest BCUT2D eigenvalue weighted by molar-refractivity contribution is 5.69. The summed E-state index contributed by atoms with van der Waals surface area (Å²) in [6.45, 7) is 18.5. The SMILES string of the molecule is C=CCCCCC(=O)O[C@H]1[C@H](O[C@H]2[C@H](O[C@H]3[C@H](O[C@H](CCCC=C)CCCCC)O[C@H](C)[C@@H]4OC(C)(C)O[C@@H]43)O[C@@H]3CO[C@@H](c4ccccc4)O[C@H]3[C@@H]2OCc2ccccc2)O[C@@H](C)[C@H](OCc2ccccc2)[C@H]1OCc1ccccc1. The normalized spacial score (nSPS) is 31.8. The van der Waals surface area contributed by atoms with E-state index in [-0.39, 0.29) is 39.0 Å². The lowest BCUT2D eigenvalue weighted by molar-refractivity contribution is -0.414. The van der Waals surface area contributed by atoms with E-state index in [0.717, 1.165) is 80.0 Å². The highest BCUT2D eigenvalue weighted by atomic mass is 16.8. The van der Waals surface area contributed by atoms with Crippen LogP contribution >= 0.6 is 0 Å². The molecule has 15 heteroatoms. The molecule has 4 aromatic carbocycles. The van der Waals surface area contributed by atoms with Crippen LogP contribution in [0.1, 0.15) is 134 Å². The Morgan fingerprint density at radius 3 is 1.76 bits per heavy atom. The van der Waals surface area contributed by atoms with Gasteiger partial charge < -0.3 is 66.3 Å². The Kier molecular flexibility index (Phi) is 23.3. The highest BCUT2D eigenvalue weighted by Crippen LogP contribution is 2.44. The first-order valence-corrected chi connectivity index (χ1v) is 30.0.